The summed E-state index contributed by atoms with van der Waals surface area (Å²) in [7, 11) is -4.76. The summed E-state index contributed by atoms with van der Waals surface area (Å²) < 4.78 is 14.4. The zero-order chi connectivity index (χ0) is 17.2. The Morgan fingerprint density at radius 3 is 1.16 bits per heavy atom. The second-order valence-electron chi connectivity index (χ2n) is 6.58. The average Bonchev–Trinajstić information content (AvgIpc) is 2.49. The monoisotopic (exact) mass is 394 g/mol. The van der Waals surface area contributed by atoms with E-state index in [0.717, 1.165) is 12.8 Å². The van der Waals surface area contributed by atoms with E-state index in [2.05, 4.69) is 11.4 Å². The molecule has 0 spiro atoms. The zero-order valence-electron chi connectivity index (χ0n) is 17.1. The molecule has 140 valence electrons. The van der Waals surface area contributed by atoms with Crippen LogP contribution in [0, 0.1) is 0 Å². The van der Waals surface area contributed by atoms with Crippen LogP contribution in [0.15, 0.2) is 0 Å². The summed E-state index contributed by atoms with van der Waals surface area (Å²) in [5, 5.41) is 0. The van der Waals surface area contributed by atoms with Crippen LogP contribution in [0.1, 0.15) is 110 Å². The third-order valence-corrected chi connectivity index (χ3v) is 4.75. The van der Waals surface area contributed by atoms with Crippen LogP contribution in [0.25, 0.3) is 0 Å². The van der Waals surface area contributed by atoms with Crippen molar-refractivity contribution in [3.63, 3.8) is 0 Å². The van der Waals surface area contributed by atoms with E-state index < -0.39 is 7.82 Å². The Labute approximate surface area is 200 Å². The maximum atomic E-state index is 10.2. The minimum atomic E-state index is -4.76. The SMILES string of the molecule is CCCCCCCCCCCCCCCCCCOP(=O)([O-])[O-].[Na+].[Na+]. The van der Waals surface area contributed by atoms with Crippen molar-refractivity contribution in [2.24, 2.45) is 0 Å². The Morgan fingerprint density at radius 1 is 0.600 bits per heavy atom. The van der Waals surface area contributed by atoms with Crippen LogP contribution in [0.5, 0.6) is 0 Å². The topological polar surface area (TPSA) is 72.4 Å². The van der Waals surface area contributed by atoms with Gasteiger partial charge in [0, 0.05) is 0 Å². The Hall–Kier alpha value is 2.11. The first-order chi connectivity index (χ1) is 11.1. The minimum Gasteiger partial charge on any atom is -0.790 e. The van der Waals surface area contributed by atoms with Crippen LogP contribution in [-0.2, 0) is 9.09 Å². The summed E-state index contributed by atoms with van der Waals surface area (Å²) in [5.74, 6) is 0. The molecule has 0 rings (SSSR count). The van der Waals surface area contributed by atoms with Gasteiger partial charge in [0.25, 0.3) is 0 Å². The molecule has 0 aromatic heterocycles. The van der Waals surface area contributed by atoms with Crippen LogP contribution in [0.2, 0.25) is 0 Å². The van der Waals surface area contributed by atoms with E-state index in [-0.39, 0.29) is 65.7 Å². The van der Waals surface area contributed by atoms with Crippen LogP contribution >= 0.6 is 7.82 Å². The molecule has 0 saturated heterocycles. The maximum Gasteiger partial charge on any atom is 1.00 e. The van der Waals surface area contributed by atoms with Crippen molar-refractivity contribution in [3.8, 4) is 0 Å². The molecule has 0 aromatic carbocycles. The van der Waals surface area contributed by atoms with Gasteiger partial charge >= 0.3 is 59.1 Å². The summed E-state index contributed by atoms with van der Waals surface area (Å²) in [5.41, 5.74) is 0. The van der Waals surface area contributed by atoms with Gasteiger partial charge in [0.05, 0.1) is 14.4 Å². The molecule has 0 fully saturated rings. The fraction of sp³-hybridized carbons (Fsp3) is 1.00. The molecule has 0 aliphatic heterocycles. The van der Waals surface area contributed by atoms with Gasteiger partial charge in [0.1, 0.15) is 0 Å². The first-order valence-electron chi connectivity index (χ1n) is 9.73. The quantitative estimate of drug-likeness (QED) is 0.172. The van der Waals surface area contributed by atoms with Gasteiger partial charge in [-0.15, -0.1) is 0 Å². The molecule has 0 bridgehead atoms. The summed E-state index contributed by atoms with van der Waals surface area (Å²) in [6, 6.07) is 0. The number of hydrogen-bond acceptors (Lipinski definition) is 4. The van der Waals surface area contributed by atoms with Gasteiger partial charge < -0.3 is 18.9 Å². The predicted molar refractivity (Wildman–Crippen MR) is 93.1 cm³/mol. The largest absolute Gasteiger partial charge is 1.00 e. The molecule has 4 nitrogen and oxygen atoms in total. The summed E-state index contributed by atoms with van der Waals surface area (Å²) in [6.07, 6.45) is 20.3. The van der Waals surface area contributed by atoms with Crippen LogP contribution in [-0.4, -0.2) is 6.61 Å². The van der Waals surface area contributed by atoms with E-state index in [1.807, 2.05) is 0 Å². The van der Waals surface area contributed by atoms with Crippen LogP contribution < -0.4 is 68.9 Å². The molecule has 0 aromatic rings. The number of unbranched alkanes of at least 4 members (excludes halogenated alkanes) is 15. The van der Waals surface area contributed by atoms with E-state index in [9.17, 15) is 14.4 Å². The summed E-state index contributed by atoms with van der Waals surface area (Å²) in [4.78, 5) is 20.5. The molecule has 0 aliphatic carbocycles. The molecular weight excluding hydrogens is 357 g/mol. The van der Waals surface area contributed by atoms with Crippen molar-refractivity contribution in [1.82, 2.24) is 0 Å². The fourth-order valence-electron chi connectivity index (χ4n) is 2.83. The van der Waals surface area contributed by atoms with Gasteiger partial charge in [-0.25, -0.2) is 0 Å². The molecule has 0 N–H and O–H groups in total. The molecule has 0 unspecified atom stereocenters. The third-order valence-electron chi connectivity index (χ3n) is 4.25. The zero-order valence-corrected chi connectivity index (χ0v) is 22.0. The Kier molecular flexibility index (Phi) is 30.7. The minimum absolute atomic E-state index is 0. The second kappa shape index (κ2) is 24.1. The van der Waals surface area contributed by atoms with Gasteiger partial charge in [-0.1, -0.05) is 103 Å². The van der Waals surface area contributed by atoms with Crippen molar-refractivity contribution in [1.29, 1.82) is 0 Å². The first kappa shape index (κ1) is 31.8. The van der Waals surface area contributed by atoms with Gasteiger partial charge in [-0.05, 0) is 6.42 Å². The Morgan fingerprint density at radius 2 is 0.880 bits per heavy atom. The normalized spacial score (nSPS) is 11.0. The van der Waals surface area contributed by atoms with Crippen LogP contribution in [0.4, 0.5) is 0 Å². The Balaban J connectivity index is -0.00000242. The molecule has 0 radical (unpaired) electrons. The van der Waals surface area contributed by atoms with Crippen molar-refractivity contribution < 1.29 is 78.0 Å². The molecule has 0 atom stereocenters. The number of phosphoric acid groups is 1. The van der Waals surface area contributed by atoms with E-state index in [4.69, 9.17) is 0 Å². The second-order valence-corrected chi connectivity index (χ2v) is 7.74. The molecule has 0 aliphatic rings. The van der Waals surface area contributed by atoms with E-state index >= 15 is 0 Å². The molecule has 0 amide bonds. The summed E-state index contributed by atoms with van der Waals surface area (Å²) in [6.45, 7) is 2.30. The van der Waals surface area contributed by atoms with E-state index in [1.165, 1.54) is 83.5 Å². The van der Waals surface area contributed by atoms with Crippen molar-refractivity contribution in [2.45, 2.75) is 110 Å². The van der Waals surface area contributed by atoms with Crippen LogP contribution in [0.3, 0.4) is 0 Å². The van der Waals surface area contributed by atoms with E-state index in [1.54, 1.807) is 0 Å². The number of phosphoric ester groups is 1. The van der Waals surface area contributed by atoms with Gasteiger partial charge in [-0.3, -0.25) is 0 Å². The first-order valence-corrected chi connectivity index (χ1v) is 11.2. The molecule has 25 heavy (non-hydrogen) atoms. The Bertz CT molecular complexity index is 288. The summed E-state index contributed by atoms with van der Waals surface area (Å²) >= 11 is 0. The average molecular weight is 394 g/mol. The molecular formula is C18H37Na2O4P. The molecule has 0 heterocycles. The number of rotatable bonds is 18. The van der Waals surface area contributed by atoms with Crippen molar-refractivity contribution >= 4 is 7.82 Å². The molecule has 0 saturated carbocycles. The van der Waals surface area contributed by atoms with Gasteiger partial charge in [0.15, 0.2) is 0 Å². The van der Waals surface area contributed by atoms with Gasteiger partial charge in [0.2, 0.25) is 0 Å². The number of hydrogen-bond donors (Lipinski definition) is 0. The van der Waals surface area contributed by atoms with Crippen molar-refractivity contribution in [3.05, 3.63) is 0 Å². The third kappa shape index (κ3) is 31.0. The van der Waals surface area contributed by atoms with Gasteiger partial charge in [-0.2, -0.15) is 0 Å². The maximum absolute atomic E-state index is 10.2. The molecule has 7 heteroatoms. The smallest absolute Gasteiger partial charge is 0.790 e. The fourth-order valence-corrected chi connectivity index (χ4v) is 3.18. The van der Waals surface area contributed by atoms with Crippen molar-refractivity contribution in [2.75, 3.05) is 6.61 Å². The predicted octanol–water partition coefficient (Wildman–Crippen LogP) is -0.899. The van der Waals surface area contributed by atoms with E-state index in [0.29, 0.717) is 6.42 Å². The standard InChI is InChI=1S/C18H39O4P.2Na/c1-2-3-4-5-6-7-8-9-10-11-12-13-14-15-16-17-18-22-23(19,20)21;;/h2-18H2,1H3,(H2,19,20,21);;/q;2*+1/p-2.